The molecule has 140 valence electrons. The lowest BCUT2D eigenvalue weighted by Crippen LogP contribution is -2.47. The quantitative estimate of drug-likeness (QED) is 0.213. The molecule has 4 N–H and O–H groups in total. The Hall–Kier alpha value is -2.22. The Morgan fingerprint density at radius 3 is 2.70 bits per heavy atom. The number of thioether (sulfide) groups is 1. The molecule has 0 fully saturated rings. The monoisotopic (exact) mass is 418 g/mol. The molecular weight excluding hydrogens is 400 g/mol. The van der Waals surface area contributed by atoms with Crippen molar-refractivity contribution in [3.63, 3.8) is 0 Å². The molecule has 2 aromatic carbocycles. The lowest BCUT2D eigenvalue weighted by atomic mass is 10.1. The average Bonchev–Trinajstić information content (AvgIpc) is 3.08. The van der Waals surface area contributed by atoms with E-state index in [-0.39, 0.29) is 12.3 Å². The predicted molar refractivity (Wildman–Crippen MR) is 116 cm³/mol. The van der Waals surface area contributed by atoms with Crippen LogP contribution in [0.4, 0.5) is 0 Å². The fourth-order valence-corrected chi connectivity index (χ4v) is 3.58. The van der Waals surface area contributed by atoms with E-state index in [0.717, 1.165) is 32.1 Å². The maximum absolute atomic E-state index is 12.1. The van der Waals surface area contributed by atoms with Gasteiger partial charge in [-0.1, -0.05) is 29.8 Å². The van der Waals surface area contributed by atoms with Crippen LogP contribution in [0.2, 0.25) is 5.02 Å². The SMILES string of the molecule is O=C(Cc1c[nH]c2ccccc12)NNC(=S)NCCSc1ccc(Cl)cc1. The van der Waals surface area contributed by atoms with Gasteiger partial charge in [-0.15, -0.1) is 11.8 Å². The van der Waals surface area contributed by atoms with Crippen LogP contribution < -0.4 is 16.2 Å². The van der Waals surface area contributed by atoms with Gasteiger partial charge in [0.25, 0.3) is 0 Å². The first-order valence-electron chi connectivity index (χ1n) is 8.38. The first kappa shape index (κ1) is 19.5. The molecule has 1 aromatic heterocycles. The maximum atomic E-state index is 12.1. The molecule has 0 saturated carbocycles. The second kappa shape index (κ2) is 9.64. The van der Waals surface area contributed by atoms with Crippen LogP contribution in [0, 0.1) is 0 Å². The second-order valence-electron chi connectivity index (χ2n) is 5.77. The number of carbonyl (C=O) groups excluding carboxylic acids is 1. The first-order valence-corrected chi connectivity index (χ1v) is 10.1. The largest absolute Gasteiger partial charge is 0.361 e. The Morgan fingerprint density at radius 2 is 1.89 bits per heavy atom. The van der Waals surface area contributed by atoms with Gasteiger partial charge in [0.05, 0.1) is 6.42 Å². The van der Waals surface area contributed by atoms with E-state index in [9.17, 15) is 4.79 Å². The molecule has 0 aliphatic heterocycles. The molecule has 0 saturated heterocycles. The Balaban J connectivity index is 1.35. The van der Waals surface area contributed by atoms with E-state index in [1.165, 1.54) is 0 Å². The van der Waals surface area contributed by atoms with Crippen molar-refractivity contribution in [1.82, 2.24) is 21.2 Å². The topological polar surface area (TPSA) is 69.0 Å². The lowest BCUT2D eigenvalue weighted by molar-refractivity contribution is -0.120. The summed E-state index contributed by atoms with van der Waals surface area (Å²) in [5.74, 6) is 0.687. The highest BCUT2D eigenvalue weighted by atomic mass is 35.5. The number of hydrazine groups is 1. The molecule has 0 atom stereocenters. The molecule has 0 bridgehead atoms. The highest BCUT2D eigenvalue weighted by Crippen LogP contribution is 2.19. The first-order chi connectivity index (χ1) is 13.1. The third-order valence-electron chi connectivity index (χ3n) is 3.81. The Kier molecular flexibility index (Phi) is 6.98. The van der Waals surface area contributed by atoms with E-state index in [1.54, 1.807) is 11.8 Å². The zero-order valence-corrected chi connectivity index (χ0v) is 16.8. The molecule has 1 heterocycles. The molecule has 3 aromatic rings. The van der Waals surface area contributed by atoms with E-state index < -0.39 is 0 Å². The number of hydrogen-bond acceptors (Lipinski definition) is 3. The number of rotatable bonds is 6. The highest BCUT2D eigenvalue weighted by molar-refractivity contribution is 7.99. The van der Waals surface area contributed by atoms with Crippen molar-refractivity contribution >= 4 is 57.5 Å². The number of benzene rings is 2. The van der Waals surface area contributed by atoms with Gasteiger partial charge in [-0.2, -0.15) is 0 Å². The molecule has 0 spiro atoms. The smallest absolute Gasteiger partial charge is 0.242 e. The molecule has 0 radical (unpaired) electrons. The summed E-state index contributed by atoms with van der Waals surface area (Å²) in [7, 11) is 0. The fourth-order valence-electron chi connectivity index (χ4n) is 2.53. The van der Waals surface area contributed by atoms with Crippen molar-refractivity contribution in [2.75, 3.05) is 12.3 Å². The summed E-state index contributed by atoms with van der Waals surface area (Å²) < 4.78 is 0. The normalized spacial score (nSPS) is 10.6. The fraction of sp³-hybridized carbons (Fsp3) is 0.158. The average molecular weight is 419 g/mol. The number of nitrogens with one attached hydrogen (secondary N) is 4. The summed E-state index contributed by atoms with van der Waals surface area (Å²) >= 11 is 12.7. The number of aromatic nitrogens is 1. The molecule has 5 nitrogen and oxygen atoms in total. The van der Waals surface area contributed by atoms with Gasteiger partial charge in [-0.3, -0.25) is 15.6 Å². The maximum Gasteiger partial charge on any atom is 0.242 e. The van der Waals surface area contributed by atoms with Crippen LogP contribution in [0.25, 0.3) is 10.9 Å². The van der Waals surface area contributed by atoms with Gasteiger partial charge in [0, 0.05) is 39.3 Å². The molecular formula is C19H19ClN4OS2. The third-order valence-corrected chi connectivity index (χ3v) is 5.32. The number of fused-ring (bicyclic) bond motifs is 1. The Labute approximate surface area is 172 Å². The van der Waals surface area contributed by atoms with Crippen molar-refractivity contribution in [2.24, 2.45) is 0 Å². The number of halogens is 1. The Morgan fingerprint density at radius 1 is 1.11 bits per heavy atom. The molecule has 0 aliphatic carbocycles. The highest BCUT2D eigenvalue weighted by Gasteiger charge is 2.08. The summed E-state index contributed by atoms with van der Waals surface area (Å²) in [5.41, 5.74) is 7.32. The lowest BCUT2D eigenvalue weighted by Gasteiger charge is -2.11. The second-order valence-corrected chi connectivity index (χ2v) is 7.78. The van der Waals surface area contributed by atoms with Crippen LogP contribution in [0.15, 0.2) is 59.6 Å². The molecule has 0 unspecified atom stereocenters. The van der Waals surface area contributed by atoms with Crippen molar-refractivity contribution in [2.45, 2.75) is 11.3 Å². The number of amides is 1. The van der Waals surface area contributed by atoms with Crippen LogP contribution in [0.5, 0.6) is 0 Å². The molecule has 27 heavy (non-hydrogen) atoms. The number of thiocarbonyl (C=S) groups is 1. The number of carbonyl (C=O) groups is 1. The van der Waals surface area contributed by atoms with Crippen molar-refractivity contribution in [3.05, 3.63) is 65.3 Å². The van der Waals surface area contributed by atoms with E-state index in [4.69, 9.17) is 23.8 Å². The van der Waals surface area contributed by atoms with Crippen LogP contribution in [0.1, 0.15) is 5.56 Å². The molecule has 8 heteroatoms. The molecule has 1 amide bonds. The summed E-state index contributed by atoms with van der Waals surface area (Å²) in [6.45, 7) is 0.678. The molecule has 3 rings (SSSR count). The van der Waals surface area contributed by atoms with Crippen LogP contribution in [0.3, 0.4) is 0 Å². The van der Waals surface area contributed by atoms with Crippen LogP contribution in [-0.4, -0.2) is 28.3 Å². The number of hydrogen-bond donors (Lipinski definition) is 4. The van der Waals surface area contributed by atoms with Crippen LogP contribution in [-0.2, 0) is 11.2 Å². The van der Waals surface area contributed by atoms with Gasteiger partial charge in [-0.25, -0.2) is 0 Å². The molecule has 0 aliphatic rings. The van der Waals surface area contributed by atoms with E-state index in [0.29, 0.717) is 11.7 Å². The summed E-state index contributed by atoms with van der Waals surface area (Å²) in [4.78, 5) is 16.4. The summed E-state index contributed by atoms with van der Waals surface area (Å²) in [5, 5.41) is 5.23. The Bertz CT molecular complexity index is 927. The van der Waals surface area contributed by atoms with Gasteiger partial charge in [0.1, 0.15) is 0 Å². The van der Waals surface area contributed by atoms with Gasteiger partial charge >= 0.3 is 0 Å². The van der Waals surface area contributed by atoms with Crippen molar-refractivity contribution in [3.8, 4) is 0 Å². The van der Waals surface area contributed by atoms with Gasteiger partial charge in [0.2, 0.25) is 5.91 Å². The predicted octanol–water partition coefficient (Wildman–Crippen LogP) is 3.65. The standard InChI is InChI=1S/C19H19ClN4OS2/c20-14-5-7-15(8-6-14)27-10-9-21-19(26)24-23-18(25)11-13-12-22-17-4-2-1-3-16(13)17/h1-8,12,22H,9-11H2,(H,23,25)(H2,21,24,26). The van der Waals surface area contributed by atoms with E-state index in [1.807, 2.05) is 54.7 Å². The minimum absolute atomic E-state index is 0.153. The summed E-state index contributed by atoms with van der Waals surface area (Å²) in [6.07, 6.45) is 2.13. The number of para-hydroxylation sites is 1. The third kappa shape index (κ3) is 5.89. The number of aromatic amines is 1. The van der Waals surface area contributed by atoms with Gasteiger partial charge < -0.3 is 10.3 Å². The number of H-pyrrole nitrogens is 1. The zero-order valence-electron chi connectivity index (χ0n) is 14.4. The minimum atomic E-state index is -0.153. The zero-order chi connectivity index (χ0) is 19.1. The van der Waals surface area contributed by atoms with Crippen molar-refractivity contribution in [1.29, 1.82) is 0 Å². The van der Waals surface area contributed by atoms with Gasteiger partial charge in [-0.05, 0) is 48.1 Å². The van der Waals surface area contributed by atoms with E-state index in [2.05, 4.69) is 21.2 Å². The minimum Gasteiger partial charge on any atom is -0.361 e. The van der Waals surface area contributed by atoms with Crippen molar-refractivity contribution < 1.29 is 4.79 Å². The van der Waals surface area contributed by atoms with E-state index >= 15 is 0 Å². The summed E-state index contributed by atoms with van der Waals surface area (Å²) in [6, 6.07) is 15.6. The van der Waals surface area contributed by atoms with Crippen LogP contribution >= 0.6 is 35.6 Å². The van der Waals surface area contributed by atoms with Gasteiger partial charge in [0.15, 0.2) is 5.11 Å².